The summed E-state index contributed by atoms with van der Waals surface area (Å²) < 4.78 is 1.69. The SMILES string of the molecule is CC(C)(C)C(=O)Cn1cc(C2CCCCC2)nn1. The standard InChI is InChI=1S/C14H23N3O/c1-14(2,3)13(18)10-17-9-12(15-16-17)11-7-5-4-6-8-11/h9,11H,4-8,10H2,1-3H3. The number of nitrogens with zero attached hydrogens (tertiary/aromatic N) is 3. The molecule has 0 amide bonds. The minimum absolute atomic E-state index is 0.197. The lowest BCUT2D eigenvalue weighted by Crippen LogP contribution is -2.25. The average Bonchev–Trinajstić information content (AvgIpc) is 2.77. The van der Waals surface area contributed by atoms with Crippen LogP contribution in [0.15, 0.2) is 6.20 Å². The van der Waals surface area contributed by atoms with Crippen molar-refractivity contribution in [2.45, 2.75) is 65.3 Å². The maximum absolute atomic E-state index is 11.9. The first-order valence-corrected chi connectivity index (χ1v) is 6.90. The molecule has 4 nitrogen and oxygen atoms in total. The molecule has 1 saturated carbocycles. The number of ketones is 1. The first kappa shape index (κ1) is 13.2. The average molecular weight is 249 g/mol. The van der Waals surface area contributed by atoms with E-state index in [1.54, 1.807) is 4.68 Å². The van der Waals surface area contributed by atoms with Crippen molar-refractivity contribution >= 4 is 5.78 Å². The molecule has 18 heavy (non-hydrogen) atoms. The fraction of sp³-hybridized carbons (Fsp3) is 0.786. The zero-order chi connectivity index (χ0) is 13.2. The van der Waals surface area contributed by atoms with Crippen molar-refractivity contribution < 1.29 is 4.79 Å². The summed E-state index contributed by atoms with van der Waals surface area (Å²) in [4.78, 5) is 11.9. The van der Waals surface area contributed by atoms with Crippen molar-refractivity contribution in [1.82, 2.24) is 15.0 Å². The van der Waals surface area contributed by atoms with Gasteiger partial charge in [0.1, 0.15) is 6.54 Å². The third-order valence-corrected chi connectivity index (χ3v) is 3.72. The molecule has 0 bridgehead atoms. The Hall–Kier alpha value is -1.19. The summed E-state index contributed by atoms with van der Waals surface area (Å²) in [5.41, 5.74) is 0.758. The van der Waals surface area contributed by atoms with Gasteiger partial charge in [0.25, 0.3) is 0 Å². The van der Waals surface area contributed by atoms with Crippen molar-refractivity contribution in [1.29, 1.82) is 0 Å². The molecule has 0 radical (unpaired) electrons. The maximum Gasteiger partial charge on any atom is 0.159 e. The fourth-order valence-electron chi connectivity index (χ4n) is 2.36. The van der Waals surface area contributed by atoms with E-state index in [2.05, 4.69) is 10.3 Å². The van der Waals surface area contributed by atoms with Crippen LogP contribution >= 0.6 is 0 Å². The van der Waals surface area contributed by atoms with Crippen LogP contribution in [0.4, 0.5) is 0 Å². The normalized spacial score (nSPS) is 17.9. The molecule has 0 unspecified atom stereocenters. The van der Waals surface area contributed by atoms with Crippen LogP contribution in [-0.2, 0) is 11.3 Å². The smallest absolute Gasteiger partial charge is 0.159 e. The molecular weight excluding hydrogens is 226 g/mol. The number of hydrogen-bond acceptors (Lipinski definition) is 3. The molecule has 0 saturated heterocycles. The van der Waals surface area contributed by atoms with Crippen LogP contribution in [0.2, 0.25) is 0 Å². The molecule has 0 aliphatic heterocycles. The van der Waals surface area contributed by atoms with Crippen molar-refractivity contribution in [3.8, 4) is 0 Å². The minimum Gasteiger partial charge on any atom is -0.297 e. The highest BCUT2D eigenvalue weighted by atomic mass is 16.1. The predicted octanol–water partition coefficient (Wildman–Crippen LogP) is 2.94. The Bertz CT molecular complexity index is 411. The van der Waals surface area contributed by atoms with E-state index in [4.69, 9.17) is 0 Å². The molecule has 1 aromatic rings. The Balaban J connectivity index is 1.99. The van der Waals surface area contributed by atoms with Gasteiger partial charge in [0, 0.05) is 17.5 Å². The Morgan fingerprint density at radius 1 is 1.33 bits per heavy atom. The number of rotatable bonds is 3. The summed E-state index contributed by atoms with van der Waals surface area (Å²) in [5, 5.41) is 8.33. The van der Waals surface area contributed by atoms with E-state index in [0.29, 0.717) is 12.5 Å². The monoisotopic (exact) mass is 249 g/mol. The van der Waals surface area contributed by atoms with Crippen LogP contribution < -0.4 is 0 Å². The quantitative estimate of drug-likeness (QED) is 0.827. The van der Waals surface area contributed by atoms with Gasteiger partial charge in [0.05, 0.1) is 5.69 Å². The van der Waals surface area contributed by atoms with Crippen LogP contribution in [0.5, 0.6) is 0 Å². The van der Waals surface area contributed by atoms with E-state index >= 15 is 0 Å². The molecule has 1 aromatic heterocycles. The van der Waals surface area contributed by atoms with Gasteiger partial charge in [-0.1, -0.05) is 45.2 Å². The Morgan fingerprint density at radius 2 is 2.00 bits per heavy atom. The lowest BCUT2D eigenvalue weighted by molar-refractivity contribution is -0.127. The molecule has 2 rings (SSSR count). The lowest BCUT2D eigenvalue weighted by atomic mass is 9.87. The summed E-state index contributed by atoms with van der Waals surface area (Å²) in [6, 6.07) is 0. The summed E-state index contributed by atoms with van der Waals surface area (Å²) in [5.74, 6) is 0.750. The van der Waals surface area contributed by atoms with E-state index in [1.807, 2.05) is 27.0 Å². The van der Waals surface area contributed by atoms with Crippen LogP contribution in [0.3, 0.4) is 0 Å². The van der Waals surface area contributed by atoms with Gasteiger partial charge in [-0.3, -0.25) is 4.79 Å². The van der Waals surface area contributed by atoms with E-state index < -0.39 is 0 Å². The highest BCUT2D eigenvalue weighted by Gasteiger charge is 2.23. The second kappa shape index (κ2) is 5.21. The molecule has 1 fully saturated rings. The molecule has 0 spiro atoms. The zero-order valence-corrected chi connectivity index (χ0v) is 11.6. The molecule has 1 aliphatic carbocycles. The van der Waals surface area contributed by atoms with E-state index in [1.165, 1.54) is 32.1 Å². The van der Waals surface area contributed by atoms with E-state index in [0.717, 1.165) is 5.69 Å². The molecule has 0 atom stereocenters. The maximum atomic E-state index is 11.9. The molecule has 4 heteroatoms. The van der Waals surface area contributed by atoms with Crippen LogP contribution in [0, 0.1) is 5.41 Å². The summed E-state index contributed by atoms with van der Waals surface area (Å²) in [7, 11) is 0. The highest BCUT2D eigenvalue weighted by molar-refractivity contribution is 5.83. The first-order valence-electron chi connectivity index (χ1n) is 6.90. The summed E-state index contributed by atoms with van der Waals surface area (Å²) >= 11 is 0. The van der Waals surface area contributed by atoms with Crippen molar-refractivity contribution in [2.75, 3.05) is 0 Å². The Morgan fingerprint density at radius 3 is 2.61 bits per heavy atom. The van der Waals surface area contributed by atoms with Crippen molar-refractivity contribution in [3.05, 3.63) is 11.9 Å². The van der Waals surface area contributed by atoms with Gasteiger partial charge in [0.15, 0.2) is 5.78 Å². The fourth-order valence-corrected chi connectivity index (χ4v) is 2.36. The minimum atomic E-state index is -0.309. The number of hydrogen-bond donors (Lipinski definition) is 0. The molecule has 100 valence electrons. The third kappa shape index (κ3) is 3.18. The van der Waals surface area contributed by atoms with Gasteiger partial charge in [-0.15, -0.1) is 5.10 Å². The second-order valence-electron chi connectivity index (χ2n) is 6.35. The zero-order valence-electron chi connectivity index (χ0n) is 11.6. The second-order valence-corrected chi connectivity index (χ2v) is 6.35. The number of carbonyl (C=O) groups excluding carboxylic acids is 1. The van der Waals surface area contributed by atoms with Gasteiger partial charge >= 0.3 is 0 Å². The number of carbonyl (C=O) groups is 1. The molecule has 1 aliphatic rings. The summed E-state index contributed by atoms with van der Waals surface area (Å²) in [6.07, 6.45) is 8.31. The van der Waals surface area contributed by atoms with Gasteiger partial charge in [-0.05, 0) is 12.8 Å². The third-order valence-electron chi connectivity index (χ3n) is 3.72. The van der Waals surface area contributed by atoms with Gasteiger partial charge < -0.3 is 0 Å². The van der Waals surface area contributed by atoms with Crippen molar-refractivity contribution in [3.63, 3.8) is 0 Å². The highest BCUT2D eigenvalue weighted by Crippen LogP contribution is 2.31. The molecular formula is C14H23N3O. The first-order chi connectivity index (χ1) is 8.47. The molecule has 1 heterocycles. The topological polar surface area (TPSA) is 47.8 Å². The Kier molecular flexibility index (Phi) is 3.83. The number of aromatic nitrogens is 3. The van der Waals surface area contributed by atoms with E-state index in [-0.39, 0.29) is 11.2 Å². The molecule has 0 N–H and O–H groups in total. The van der Waals surface area contributed by atoms with E-state index in [9.17, 15) is 4.79 Å². The van der Waals surface area contributed by atoms with Crippen LogP contribution in [0.1, 0.15) is 64.5 Å². The summed E-state index contributed by atoms with van der Waals surface area (Å²) in [6.45, 7) is 6.15. The van der Waals surface area contributed by atoms with Crippen LogP contribution in [0.25, 0.3) is 0 Å². The lowest BCUT2D eigenvalue weighted by Gasteiger charge is -2.18. The van der Waals surface area contributed by atoms with Gasteiger partial charge in [-0.25, -0.2) is 4.68 Å². The van der Waals surface area contributed by atoms with Crippen molar-refractivity contribution in [2.24, 2.45) is 5.41 Å². The predicted molar refractivity (Wildman–Crippen MR) is 70.3 cm³/mol. The molecule has 0 aromatic carbocycles. The van der Waals surface area contributed by atoms with Crippen LogP contribution in [-0.4, -0.2) is 20.8 Å². The Labute approximate surface area is 109 Å². The number of Topliss-reactive ketones (excluding diaryl/α,β-unsaturated/α-hetero) is 1. The van der Waals surface area contributed by atoms with Gasteiger partial charge in [-0.2, -0.15) is 0 Å². The largest absolute Gasteiger partial charge is 0.297 e. The van der Waals surface area contributed by atoms with Gasteiger partial charge in [0.2, 0.25) is 0 Å².